The van der Waals surface area contributed by atoms with E-state index in [1.165, 1.54) is 19.3 Å². The molecular weight excluding hydrogens is 150 g/mol. The van der Waals surface area contributed by atoms with Crippen molar-refractivity contribution in [2.45, 2.75) is 38.7 Å². The summed E-state index contributed by atoms with van der Waals surface area (Å²) < 4.78 is 5.57. The zero-order valence-corrected chi connectivity index (χ0v) is 7.94. The molecular formula is C10H19NO. The molecule has 0 aromatic heterocycles. The van der Waals surface area contributed by atoms with E-state index in [4.69, 9.17) is 4.74 Å². The second-order valence-corrected chi connectivity index (χ2v) is 3.33. The first kappa shape index (κ1) is 9.59. The van der Waals surface area contributed by atoms with E-state index in [0.717, 1.165) is 25.3 Å². The first-order chi connectivity index (χ1) is 5.83. The Kier molecular flexibility index (Phi) is 4.15. The van der Waals surface area contributed by atoms with Crippen LogP contribution < -0.4 is 5.32 Å². The van der Waals surface area contributed by atoms with Crippen molar-refractivity contribution in [3.05, 3.63) is 12.3 Å². The van der Waals surface area contributed by atoms with Crippen LogP contribution in [0.4, 0.5) is 0 Å². The monoisotopic (exact) mass is 169 g/mol. The van der Waals surface area contributed by atoms with Gasteiger partial charge in [0.25, 0.3) is 0 Å². The highest BCUT2D eigenvalue weighted by Gasteiger charge is 2.12. The van der Waals surface area contributed by atoms with Crippen molar-refractivity contribution < 1.29 is 4.74 Å². The van der Waals surface area contributed by atoms with Crippen molar-refractivity contribution in [2.75, 3.05) is 13.2 Å². The normalized spacial score (nSPS) is 23.6. The molecule has 1 atom stereocenters. The second-order valence-electron chi connectivity index (χ2n) is 3.33. The molecule has 1 saturated heterocycles. The van der Waals surface area contributed by atoms with Crippen LogP contribution in [0.3, 0.4) is 0 Å². The molecule has 0 aromatic carbocycles. The first-order valence-corrected chi connectivity index (χ1v) is 4.86. The Morgan fingerprint density at radius 1 is 1.58 bits per heavy atom. The molecule has 2 nitrogen and oxygen atoms in total. The van der Waals surface area contributed by atoms with Crippen molar-refractivity contribution in [1.29, 1.82) is 0 Å². The summed E-state index contributed by atoms with van der Waals surface area (Å²) in [4.78, 5) is 0. The van der Waals surface area contributed by atoms with Gasteiger partial charge in [0.05, 0.1) is 6.10 Å². The fourth-order valence-corrected chi connectivity index (χ4v) is 1.35. The lowest BCUT2D eigenvalue weighted by Gasteiger charge is -2.23. The zero-order chi connectivity index (χ0) is 8.81. The molecule has 0 saturated carbocycles. The maximum atomic E-state index is 5.57. The molecule has 0 aromatic rings. The summed E-state index contributed by atoms with van der Waals surface area (Å²) in [5.74, 6) is 0. The van der Waals surface area contributed by atoms with Gasteiger partial charge in [0.2, 0.25) is 0 Å². The summed E-state index contributed by atoms with van der Waals surface area (Å²) >= 11 is 0. The smallest absolute Gasteiger partial charge is 0.0747 e. The molecule has 0 unspecified atom stereocenters. The van der Waals surface area contributed by atoms with Gasteiger partial charge in [0.1, 0.15) is 0 Å². The van der Waals surface area contributed by atoms with Gasteiger partial charge in [-0.3, -0.25) is 0 Å². The average Bonchev–Trinajstić information content (AvgIpc) is 2.16. The van der Waals surface area contributed by atoms with Crippen molar-refractivity contribution in [1.82, 2.24) is 5.32 Å². The number of allylic oxidation sites excluding steroid dienone is 1. The van der Waals surface area contributed by atoms with Crippen LogP contribution in [0, 0.1) is 0 Å². The number of hydrogen-bond acceptors (Lipinski definition) is 2. The topological polar surface area (TPSA) is 21.3 Å². The SMILES string of the molecule is C=C(CC)NC[C@@H]1CCCCO1. The lowest BCUT2D eigenvalue weighted by Crippen LogP contribution is -2.31. The van der Waals surface area contributed by atoms with Crippen molar-refractivity contribution in [3.63, 3.8) is 0 Å². The molecule has 0 amide bonds. The fourth-order valence-electron chi connectivity index (χ4n) is 1.35. The number of rotatable bonds is 4. The van der Waals surface area contributed by atoms with Gasteiger partial charge in [-0.25, -0.2) is 0 Å². The van der Waals surface area contributed by atoms with Crippen LogP contribution in [0.2, 0.25) is 0 Å². The second kappa shape index (κ2) is 5.20. The summed E-state index contributed by atoms with van der Waals surface area (Å²) in [6, 6.07) is 0. The van der Waals surface area contributed by atoms with Crippen LogP contribution in [0.1, 0.15) is 32.6 Å². The third-order valence-electron chi connectivity index (χ3n) is 2.28. The number of nitrogens with one attached hydrogen (secondary N) is 1. The van der Waals surface area contributed by atoms with Crippen LogP contribution >= 0.6 is 0 Å². The molecule has 70 valence electrons. The van der Waals surface area contributed by atoms with Gasteiger partial charge in [0, 0.05) is 18.8 Å². The van der Waals surface area contributed by atoms with Gasteiger partial charge < -0.3 is 10.1 Å². The van der Waals surface area contributed by atoms with Crippen LogP contribution in [-0.4, -0.2) is 19.3 Å². The highest BCUT2D eigenvalue weighted by Crippen LogP contribution is 2.11. The van der Waals surface area contributed by atoms with Crippen LogP contribution in [0.25, 0.3) is 0 Å². The molecule has 0 aliphatic carbocycles. The Morgan fingerprint density at radius 3 is 3.00 bits per heavy atom. The van der Waals surface area contributed by atoms with E-state index in [1.807, 2.05) is 0 Å². The van der Waals surface area contributed by atoms with Crippen molar-refractivity contribution in [3.8, 4) is 0 Å². The predicted molar refractivity (Wildman–Crippen MR) is 51.0 cm³/mol. The summed E-state index contributed by atoms with van der Waals surface area (Å²) in [5, 5.41) is 3.28. The molecule has 2 heteroatoms. The Morgan fingerprint density at radius 2 is 2.42 bits per heavy atom. The van der Waals surface area contributed by atoms with E-state index >= 15 is 0 Å². The fraction of sp³-hybridized carbons (Fsp3) is 0.800. The third-order valence-corrected chi connectivity index (χ3v) is 2.28. The molecule has 1 heterocycles. The average molecular weight is 169 g/mol. The quantitative estimate of drug-likeness (QED) is 0.695. The van der Waals surface area contributed by atoms with Gasteiger partial charge in [0.15, 0.2) is 0 Å². The van der Waals surface area contributed by atoms with E-state index in [2.05, 4.69) is 18.8 Å². The molecule has 1 fully saturated rings. The van der Waals surface area contributed by atoms with Gasteiger partial charge in [-0.1, -0.05) is 13.5 Å². The van der Waals surface area contributed by atoms with E-state index in [9.17, 15) is 0 Å². The highest BCUT2D eigenvalue weighted by atomic mass is 16.5. The van der Waals surface area contributed by atoms with E-state index in [-0.39, 0.29) is 0 Å². The Bertz CT molecular complexity index is 139. The Balaban J connectivity index is 2.09. The van der Waals surface area contributed by atoms with Gasteiger partial charge in [-0.2, -0.15) is 0 Å². The van der Waals surface area contributed by atoms with Gasteiger partial charge in [-0.05, 0) is 25.7 Å². The van der Waals surface area contributed by atoms with Crippen LogP contribution in [-0.2, 0) is 4.74 Å². The third kappa shape index (κ3) is 3.26. The lowest BCUT2D eigenvalue weighted by molar-refractivity contribution is 0.0183. The molecule has 1 N–H and O–H groups in total. The summed E-state index contributed by atoms with van der Waals surface area (Å²) in [6.07, 6.45) is 5.16. The lowest BCUT2D eigenvalue weighted by atomic mass is 10.1. The number of hydrogen-bond donors (Lipinski definition) is 1. The summed E-state index contributed by atoms with van der Waals surface area (Å²) in [7, 11) is 0. The van der Waals surface area contributed by atoms with Crippen molar-refractivity contribution in [2.24, 2.45) is 0 Å². The summed E-state index contributed by atoms with van der Waals surface area (Å²) in [6.45, 7) is 7.87. The molecule has 0 spiro atoms. The van der Waals surface area contributed by atoms with Crippen LogP contribution in [0.15, 0.2) is 12.3 Å². The minimum absolute atomic E-state index is 0.419. The largest absolute Gasteiger partial charge is 0.386 e. The first-order valence-electron chi connectivity index (χ1n) is 4.86. The molecule has 1 aliphatic rings. The van der Waals surface area contributed by atoms with E-state index in [1.54, 1.807) is 0 Å². The maximum absolute atomic E-state index is 5.57. The van der Waals surface area contributed by atoms with Crippen molar-refractivity contribution >= 4 is 0 Å². The molecule has 1 aliphatic heterocycles. The molecule has 12 heavy (non-hydrogen) atoms. The zero-order valence-electron chi connectivity index (χ0n) is 7.94. The Labute approximate surface area is 75.0 Å². The van der Waals surface area contributed by atoms with Gasteiger partial charge in [-0.15, -0.1) is 0 Å². The summed E-state index contributed by atoms with van der Waals surface area (Å²) in [5.41, 5.74) is 1.11. The van der Waals surface area contributed by atoms with Gasteiger partial charge >= 0.3 is 0 Å². The molecule has 1 rings (SSSR count). The number of ether oxygens (including phenoxy) is 1. The molecule has 0 bridgehead atoms. The highest BCUT2D eigenvalue weighted by molar-refractivity contribution is 4.90. The molecule has 0 radical (unpaired) electrons. The van der Waals surface area contributed by atoms with Crippen LogP contribution in [0.5, 0.6) is 0 Å². The Hall–Kier alpha value is -0.500. The van der Waals surface area contributed by atoms with E-state index < -0.39 is 0 Å². The minimum Gasteiger partial charge on any atom is -0.386 e. The standard InChI is InChI=1S/C10H19NO/c1-3-9(2)11-8-10-6-4-5-7-12-10/h10-11H,2-8H2,1H3/t10-/m0/s1. The van der Waals surface area contributed by atoms with E-state index in [0.29, 0.717) is 6.10 Å². The predicted octanol–water partition coefficient (Wildman–Crippen LogP) is 2.07. The minimum atomic E-state index is 0.419. The maximum Gasteiger partial charge on any atom is 0.0747 e.